The Morgan fingerprint density at radius 1 is 1.50 bits per heavy atom. The molecule has 0 N–H and O–H groups in total. The molecule has 0 unspecified atom stereocenters. The van der Waals surface area contributed by atoms with Crippen molar-refractivity contribution >= 4 is 11.6 Å². The molecule has 0 bridgehead atoms. The maximum absolute atomic E-state index is 5.92. The summed E-state index contributed by atoms with van der Waals surface area (Å²) in [5.41, 5.74) is 0.868. The highest BCUT2D eigenvalue weighted by atomic mass is 35.5. The summed E-state index contributed by atoms with van der Waals surface area (Å²) >= 11 is 5.74. The summed E-state index contributed by atoms with van der Waals surface area (Å²) in [7, 11) is 2.15. The van der Waals surface area contributed by atoms with Gasteiger partial charge in [-0.05, 0) is 26.0 Å². The van der Waals surface area contributed by atoms with E-state index in [1.165, 1.54) is 0 Å². The first-order valence-electron chi connectivity index (χ1n) is 5.64. The molecule has 4 heteroatoms. The Kier molecular flexibility index (Phi) is 4.02. The molecule has 0 atom stereocenters. The molecule has 88 valence electrons. The number of aromatic nitrogens is 1. The highest BCUT2D eigenvalue weighted by molar-refractivity contribution is 6.16. The van der Waals surface area contributed by atoms with E-state index in [1.807, 2.05) is 12.1 Å². The van der Waals surface area contributed by atoms with E-state index in [-0.39, 0.29) is 0 Å². The van der Waals surface area contributed by atoms with Gasteiger partial charge in [-0.1, -0.05) is 0 Å². The van der Waals surface area contributed by atoms with Crippen LogP contribution in [0.2, 0.25) is 0 Å². The van der Waals surface area contributed by atoms with Gasteiger partial charge in [0.2, 0.25) is 0 Å². The van der Waals surface area contributed by atoms with Gasteiger partial charge in [-0.25, -0.2) is 0 Å². The highest BCUT2D eigenvalue weighted by Crippen LogP contribution is 2.19. The van der Waals surface area contributed by atoms with Gasteiger partial charge in [-0.15, -0.1) is 11.6 Å². The van der Waals surface area contributed by atoms with Crippen molar-refractivity contribution in [3.05, 3.63) is 24.0 Å². The zero-order valence-electron chi connectivity index (χ0n) is 9.53. The maximum Gasteiger partial charge on any atom is 0.123 e. The van der Waals surface area contributed by atoms with Gasteiger partial charge in [0.15, 0.2) is 0 Å². The van der Waals surface area contributed by atoms with Gasteiger partial charge in [0.1, 0.15) is 11.9 Å². The van der Waals surface area contributed by atoms with Crippen LogP contribution in [0, 0.1) is 0 Å². The van der Waals surface area contributed by atoms with Crippen LogP contribution in [0.5, 0.6) is 5.75 Å². The maximum atomic E-state index is 5.92. The molecule has 0 aromatic carbocycles. The topological polar surface area (TPSA) is 25.4 Å². The van der Waals surface area contributed by atoms with Gasteiger partial charge in [0.05, 0.1) is 11.6 Å². The van der Waals surface area contributed by atoms with Crippen LogP contribution >= 0.6 is 11.6 Å². The third-order valence-electron chi connectivity index (χ3n) is 2.89. The van der Waals surface area contributed by atoms with E-state index >= 15 is 0 Å². The van der Waals surface area contributed by atoms with Crippen molar-refractivity contribution in [1.82, 2.24) is 9.88 Å². The normalized spacial score (nSPS) is 18.6. The van der Waals surface area contributed by atoms with Crippen LogP contribution in [0.4, 0.5) is 0 Å². The van der Waals surface area contributed by atoms with Crippen LogP contribution in [-0.4, -0.2) is 36.1 Å². The molecular formula is C12H17ClN2O. The minimum Gasteiger partial charge on any atom is -0.490 e. The van der Waals surface area contributed by atoms with Crippen LogP contribution in [0.1, 0.15) is 18.5 Å². The number of hydrogen-bond donors (Lipinski definition) is 0. The molecule has 0 spiro atoms. The first-order valence-corrected chi connectivity index (χ1v) is 6.17. The number of piperidine rings is 1. The second kappa shape index (κ2) is 5.51. The molecule has 0 saturated carbocycles. The van der Waals surface area contributed by atoms with Gasteiger partial charge < -0.3 is 9.64 Å². The molecule has 1 fully saturated rings. The van der Waals surface area contributed by atoms with Crippen LogP contribution < -0.4 is 4.74 Å². The standard InChI is InChI=1S/C12H17ClN2O/c1-15-6-3-11(4-7-15)16-12-2-5-14-10(8-12)9-13/h2,5,8,11H,3-4,6-7,9H2,1H3. The summed E-state index contributed by atoms with van der Waals surface area (Å²) in [5, 5.41) is 0. The van der Waals surface area contributed by atoms with Crippen molar-refractivity contribution in [2.45, 2.75) is 24.8 Å². The molecule has 1 aromatic rings. The monoisotopic (exact) mass is 240 g/mol. The van der Waals surface area contributed by atoms with Crippen molar-refractivity contribution in [3.63, 3.8) is 0 Å². The summed E-state index contributed by atoms with van der Waals surface area (Å²) in [5.74, 6) is 1.32. The van der Waals surface area contributed by atoms with Crippen molar-refractivity contribution < 1.29 is 4.74 Å². The van der Waals surface area contributed by atoms with E-state index in [4.69, 9.17) is 16.3 Å². The summed E-state index contributed by atoms with van der Waals surface area (Å²) in [6.45, 7) is 2.22. The minimum atomic E-state index is 0.335. The Hall–Kier alpha value is -0.800. The number of pyridine rings is 1. The summed E-state index contributed by atoms with van der Waals surface area (Å²) in [6, 6.07) is 3.82. The second-order valence-corrected chi connectivity index (χ2v) is 4.50. The Bertz CT molecular complexity index is 338. The molecule has 16 heavy (non-hydrogen) atoms. The molecular weight excluding hydrogens is 224 g/mol. The fourth-order valence-electron chi connectivity index (χ4n) is 1.90. The molecule has 0 radical (unpaired) electrons. The molecule has 1 aromatic heterocycles. The number of likely N-dealkylation sites (tertiary alicyclic amines) is 1. The Labute approximate surface area is 101 Å². The lowest BCUT2D eigenvalue weighted by molar-refractivity contribution is 0.114. The number of nitrogens with zero attached hydrogens (tertiary/aromatic N) is 2. The summed E-state index contributed by atoms with van der Waals surface area (Å²) in [6.07, 6.45) is 4.27. The van der Waals surface area contributed by atoms with Crippen molar-refractivity contribution in [2.24, 2.45) is 0 Å². The first kappa shape index (κ1) is 11.7. The molecule has 1 aliphatic rings. The lowest BCUT2D eigenvalue weighted by Crippen LogP contribution is -2.35. The minimum absolute atomic E-state index is 0.335. The van der Waals surface area contributed by atoms with E-state index in [9.17, 15) is 0 Å². The number of halogens is 1. The van der Waals surface area contributed by atoms with Gasteiger partial charge in [-0.3, -0.25) is 4.98 Å². The number of alkyl halides is 1. The Morgan fingerprint density at radius 3 is 2.94 bits per heavy atom. The van der Waals surface area contributed by atoms with Gasteiger partial charge >= 0.3 is 0 Å². The fourth-order valence-corrected chi connectivity index (χ4v) is 2.04. The molecule has 1 saturated heterocycles. The molecule has 0 amide bonds. The predicted octanol–water partition coefficient (Wildman–Crippen LogP) is 2.29. The van der Waals surface area contributed by atoms with E-state index in [2.05, 4.69) is 16.9 Å². The lowest BCUT2D eigenvalue weighted by atomic mass is 10.1. The average Bonchev–Trinajstić information content (AvgIpc) is 2.32. The fraction of sp³-hybridized carbons (Fsp3) is 0.583. The molecule has 1 aliphatic heterocycles. The first-order chi connectivity index (χ1) is 7.78. The number of hydrogen-bond acceptors (Lipinski definition) is 3. The van der Waals surface area contributed by atoms with Crippen LogP contribution in [0.3, 0.4) is 0 Å². The van der Waals surface area contributed by atoms with Crippen molar-refractivity contribution in [2.75, 3.05) is 20.1 Å². The zero-order chi connectivity index (χ0) is 11.4. The molecule has 2 rings (SSSR count). The largest absolute Gasteiger partial charge is 0.490 e. The zero-order valence-corrected chi connectivity index (χ0v) is 10.3. The molecule has 2 heterocycles. The summed E-state index contributed by atoms with van der Waals surface area (Å²) < 4.78 is 5.92. The number of rotatable bonds is 3. The summed E-state index contributed by atoms with van der Waals surface area (Å²) in [4.78, 5) is 6.47. The Balaban J connectivity index is 1.93. The van der Waals surface area contributed by atoms with E-state index < -0.39 is 0 Å². The second-order valence-electron chi connectivity index (χ2n) is 4.24. The van der Waals surface area contributed by atoms with E-state index in [0.717, 1.165) is 37.4 Å². The predicted molar refractivity (Wildman–Crippen MR) is 64.9 cm³/mol. The van der Waals surface area contributed by atoms with E-state index in [1.54, 1.807) is 6.20 Å². The quantitative estimate of drug-likeness (QED) is 0.758. The van der Waals surface area contributed by atoms with Gasteiger partial charge in [0.25, 0.3) is 0 Å². The highest BCUT2D eigenvalue weighted by Gasteiger charge is 2.17. The van der Waals surface area contributed by atoms with Crippen LogP contribution in [-0.2, 0) is 5.88 Å². The third-order valence-corrected chi connectivity index (χ3v) is 3.17. The van der Waals surface area contributed by atoms with E-state index in [0.29, 0.717) is 12.0 Å². The van der Waals surface area contributed by atoms with Crippen LogP contribution in [0.15, 0.2) is 18.3 Å². The molecule has 3 nitrogen and oxygen atoms in total. The Morgan fingerprint density at radius 2 is 2.25 bits per heavy atom. The number of ether oxygens (including phenoxy) is 1. The lowest BCUT2D eigenvalue weighted by Gasteiger charge is -2.29. The smallest absolute Gasteiger partial charge is 0.123 e. The van der Waals surface area contributed by atoms with Gasteiger partial charge in [-0.2, -0.15) is 0 Å². The SMILES string of the molecule is CN1CCC(Oc2ccnc(CCl)c2)CC1. The third kappa shape index (κ3) is 3.09. The van der Waals surface area contributed by atoms with Crippen molar-refractivity contribution in [1.29, 1.82) is 0 Å². The van der Waals surface area contributed by atoms with Crippen LogP contribution in [0.25, 0.3) is 0 Å². The van der Waals surface area contributed by atoms with Crippen molar-refractivity contribution in [3.8, 4) is 5.75 Å². The van der Waals surface area contributed by atoms with Gasteiger partial charge in [0, 0.05) is 25.4 Å². The molecule has 0 aliphatic carbocycles. The average molecular weight is 241 g/mol.